The van der Waals surface area contributed by atoms with E-state index in [2.05, 4.69) is 17.3 Å². The third-order valence-corrected chi connectivity index (χ3v) is 2.82. The van der Waals surface area contributed by atoms with Crippen molar-refractivity contribution in [3.05, 3.63) is 35.1 Å². The summed E-state index contributed by atoms with van der Waals surface area (Å²) in [5, 5.41) is 1.71. The van der Waals surface area contributed by atoms with Gasteiger partial charge in [-0.3, -0.25) is 10.2 Å². The lowest BCUT2D eigenvalue weighted by molar-refractivity contribution is 0.0125. The summed E-state index contributed by atoms with van der Waals surface area (Å²) in [6, 6.07) is 4.17. The summed E-state index contributed by atoms with van der Waals surface area (Å²) < 4.78 is 18.9. The molecule has 1 fully saturated rings. The van der Waals surface area contributed by atoms with Gasteiger partial charge in [0.05, 0.1) is 25.3 Å². The van der Waals surface area contributed by atoms with Crippen molar-refractivity contribution in [2.24, 2.45) is 5.73 Å². The Bertz CT molecular complexity index is 545. The van der Waals surface area contributed by atoms with E-state index in [1.165, 1.54) is 18.2 Å². The summed E-state index contributed by atoms with van der Waals surface area (Å²) in [4.78, 5) is 12.1. The van der Waals surface area contributed by atoms with E-state index in [0.29, 0.717) is 31.9 Å². The van der Waals surface area contributed by atoms with Gasteiger partial charge in [-0.05, 0) is 18.2 Å². The molecule has 0 aliphatic carbocycles. The number of ether oxygens (including phenoxy) is 1. The van der Waals surface area contributed by atoms with Crippen molar-refractivity contribution in [2.45, 2.75) is 0 Å². The lowest BCUT2D eigenvalue weighted by atomic mass is 10.1. The number of nitrogens with one attached hydrogen (secondary N) is 1. The molecule has 1 aliphatic heterocycles. The minimum absolute atomic E-state index is 0.0275. The van der Waals surface area contributed by atoms with Gasteiger partial charge in [-0.15, -0.1) is 0 Å². The van der Waals surface area contributed by atoms with Gasteiger partial charge in [-0.25, -0.2) is 9.40 Å². The average molecular weight is 277 g/mol. The molecule has 3 N–H and O–H groups in total. The fraction of sp³-hybridized carbons (Fsp3) is 0.357. The van der Waals surface area contributed by atoms with Crippen LogP contribution in [0.5, 0.6) is 0 Å². The van der Waals surface area contributed by atoms with E-state index in [4.69, 9.17) is 10.5 Å². The summed E-state index contributed by atoms with van der Waals surface area (Å²) in [6.07, 6.45) is 0. The number of benzene rings is 1. The first-order valence-electron chi connectivity index (χ1n) is 6.33. The molecule has 0 unspecified atom stereocenters. The van der Waals surface area contributed by atoms with Gasteiger partial charge < -0.3 is 10.5 Å². The van der Waals surface area contributed by atoms with Crippen molar-refractivity contribution in [3.63, 3.8) is 0 Å². The van der Waals surface area contributed by atoms with Crippen LogP contribution in [0, 0.1) is 17.7 Å². The molecule has 1 amide bonds. The third kappa shape index (κ3) is 3.78. The number of morpholine rings is 1. The molecule has 0 saturated carbocycles. The molecule has 106 valence electrons. The van der Waals surface area contributed by atoms with Gasteiger partial charge >= 0.3 is 0 Å². The van der Waals surface area contributed by atoms with Crippen LogP contribution in [0.25, 0.3) is 0 Å². The van der Waals surface area contributed by atoms with Gasteiger partial charge in [0.25, 0.3) is 5.91 Å². The minimum atomic E-state index is -0.575. The Balaban J connectivity index is 2.11. The molecule has 0 aromatic heterocycles. The number of carbonyl (C=O) groups excluding carboxylic acids is 1. The zero-order chi connectivity index (χ0) is 14.4. The lowest BCUT2D eigenvalue weighted by Crippen LogP contribution is -2.48. The molecule has 0 radical (unpaired) electrons. The number of rotatable bonds is 2. The van der Waals surface area contributed by atoms with E-state index < -0.39 is 11.7 Å². The number of nitrogens with zero attached hydrogens (tertiary/aromatic N) is 1. The number of hydrazine groups is 1. The summed E-state index contributed by atoms with van der Waals surface area (Å²) in [7, 11) is 0. The van der Waals surface area contributed by atoms with Crippen LogP contribution in [0.2, 0.25) is 0 Å². The third-order valence-electron chi connectivity index (χ3n) is 2.82. The maximum atomic E-state index is 13.7. The Kier molecular flexibility index (Phi) is 5.07. The summed E-state index contributed by atoms with van der Waals surface area (Å²) >= 11 is 0. The fourth-order valence-electron chi connectivity index (χ4n) is 1.81. The monoisotopic (exact) mass is 277 g/mol. The van der Waals surface area contributed by atoms with E-state index in [0.717, 1.165) is 0 Å². The zero-order valence-electron chi connectivity index (χ0n) is 11.0. The van der Waals surface area contributed by atoms with Crippen LogP contribution in [-0.4, -0.2) is 43.8 Å². The van der Waals surface area contributed by atoms with E-state index in [9.17, 15) is 9.18 Å². The van der Waals surface area contributed by atoms with Crippen molar-refractivity contribution < 1.29 is 13.9 Å². The standard InChI is InChI=1S/C14H16FN3O2/c15-13-4-3-11(2-1-5-16)10-12(13)14(19)17-18-6-8-20-9-7-18/h3-4,10H,5-9,16H2,(H,17,19). The Morgan fingerprint density at radius 2 is 2.20 bits per heavy atom. The number of nitrogens with two attached hydrogens (primary N) is 1. The minimum Gasteiger partial charge on any atom is -0.379 e. The van der Waals surface area contributed by atoms with Gasteiger partial charge in [0.1, 0.15) is 5.82 Å². The van der Waals surface area contributed by atoms with Crippen LogP contribution in [0.15, 0.2) is 18.2 Å². The molecule has 5 nitrogen and oxygen atoms in total. The van der Waals surface area contributed by atoms with Gasteiger partial charge in [-0.2, -0.15) is 0 Å². The molecule has 0 spiro atoms. The fourth-order valence-corrected chi connectivity index (χ4v) is 1.81. The van der Waals surface area contributed by atoms with Crippen LogP contribution < -0.4 is 11.2 Å². The topological polar surface area (TPSA) is 67.6 Å². The second-order valence-corrected chi connectivity index (χ2v) is 4.24. The number of amides is 1. The largest absolute Gasteiger partial charge is 0.379 e. The number of hydrogen-bond donors (Lipinski definition) is 2. The molecule has 0 bridgehead atoms. The Labute approximate surface area is 116 Å². The van der Waals surface area contributed by atoms with E-state index in [1.807, 2.05) is 0 Å². The molecule has 1 aromatic rings. The summed E-state index contributed by atoms with van der Waals surface area (Å²) in [6.45, 7) is 2.47. The van der Waals surface area contributed by atoms with Crippen molar-refractivity contribution in [1.82, 2.24) is 10.4 Å². The Hall–Kier alpha value is -1.94. The smallest absolute Gasteiger partial charge is 0.268 e. The average Bonchev–Trinajstić information content (AvgIpc) is 2.47. The number of halogens is 1. The molecule has 6 heteroatoms. The van der Waals surface area contributed by atoms with Crippen molar-refractivity contribution in [1.29, 1.82) is 0 Å². The molecule has 1 saturated heterocycles. The van der Waals surface area contributed by atoms with Gasteiger partial charge in [0.15, 0.2) is 0 Å². The number of hydrogen-bond acceptors (Lipinski definition) is 4. The first kappa shape index (κ1) is 14.5. The molecule has 0 atom stereocenters. The van der Waals surface area contributed by atoms with Crippen LogP contribution in [-0.2, 0) is 4.74 Å². The highest BCUT2D eigenvalue weighted by atomic mass is 19.1. The first-order chi connectivity index (χ1) is 9.70. The lowest BCUT2D eigenvalue weighted by Gasteiger charge is -2.26. The van der Waals surface area contributed by atoms with Crippen molar-refractivity contribution in [2.75, 3.05) is 32.8 Å². The van der Waals surface area contributed by atoms with Gasteiger partial charge in [0.2, 0.25) is 0 Å². The normalized spacial score (nSPS) is 15.3. The van der Waals surface area contributed by atoms with E-state index in [1.54, 1.807) is 5.01 Å². The van der Waals surface area contributed by atoms with E-state index in [-0.39, 0.29) is 12.1 Å². The highest BCUT2D eigenvalue weighted by molar-refractivity contribution is 5.94. The van der Waals surface area contributed by atoms with Gasteiger partial charge in [0, 0.05) is 18.7 Å². The highest BCUT2D eigenvalue weighted by Crippen LogP contribution is 2.10. The molecule has 1 heterocycles. The summed E-state index contributed by atoms with van der Waals surface area (Å²) in [5.74, 6) is 4.38. The predicted octanol–water partition coefficient (Wildman–Crippen LogP) is 0.113. The second-order valence-electron chi connectivity index (χ2n) is 4.24. The molecule has 1 aliphatic rings. The first-order valence-corrected chi connectivity index (χ1v) is 6.33. The quantitative estimate of drug-likeness (QED) is 0.753. The Morgan fingerprint density at radius 1 is 1.45 bits per heavy atom. The molecule has 2 rings (SSSR count). The second kappa shape index (κ2) is 7.01. The van der Waals surface area contributed by atoms with Crippen molar-refractivity contribution in [3.8, 4) is 11.8 Å². The molecule has 1 aromatic carbocycles. The molecular weight excluding hydrogens is 261 g/mol. The maximum absolute atomic E-state index is 13.7. The molecule has 20 heavy (non-hydrogen) atoms. The van der Waals surface area contributed by atoms with E-state index >= 15 is 0 Å². The van der Waals surface area contributed by atoms with Crippen LogP contribution in [0.1, 0.15) is 15.9 Å². The van der Waals surface area contributed by atoms with Crippen LogP contribution in [0.4, 0.5) is 4.39 Å². The maximum Gasteiger partial charge on any atom is 0.268 e. The van der Waals surface area contributed by atoms with Crippen LogP contribution in [0.3, 0.4) is 0 Å². The van der Waals surface area contributed by atoms with Crippen molar-refractivity contribution >= 4 is 5.91 Å². The zero-order valence-corrected chi connectivity index (χ0v) is 11.0. The highest BCUT2D eigenvalue weighted by Gasteiger charge is 2.17. The SMILES string of the molecule is NCC#Cc1ccc(F)c(C(=O)NN2CCOCC2)c1. The van der Waals surface area contributed by atoms with Gasteiger partial charge in [-0.1, -0.05) is 11.8 Å². The molecular formula is C14H16FN3O2. The Morgan fingerprint density at radius 3 is 2.90 bits per heavy atom. The summed E-state index contributed by atoms with van der Waals surface area (Å²) in [5.41, 5.74) is 8.47. The number of carbonyl (C=O) groups is 1. The predicted molar refractivity (Wildman–Crippen MR) is 72.2 cm³/mol. The van der Waals surface area contributed by atoms with Crippen LogP contribution >= 0.6 is 0 Å².